The van der Waals surface area contributed by atoms with E-state index in [0.29, 0.717) is 30.9 Å². The number of nitrogens with zero attached hydrogens (tertiary/aromatic N) is 1. The van der Waals surface area contributed by atoms with Crippen molar-refractivity contribution in [3.05, 3.63) is 53.9 Å². The molecule has 0 aliphatic rings. The van der Waals surface area contributed by atoms with Gasteiger partial charge in [-0.2, -0.15) is 0 Å². The van der Waals surface area contributed by atoms with Gasteiger partial charge in [-0.3, -0.25) is 14.6 Å². The third-order valence-corrected chi connectivity index (χ3v) is 3.45. The van der Waals surface area contributed by atoms with E-state index < -0.39 is 5.97 Å². The van der Waals surface area contributed by atoms with Gasteiger partial charge in [0.05, 0.1) is 12.8 Å². The number of carboxylic acid groups (broad SMARTS) is 1. The van der Waals surface area contributed by atoms with E-state index in [2.05, 4.69) is 4.98 Å². The Morgan fingerprint density at radius 1 is 1.08 bits per heavy atom. The number of hydrogen-bond donors (Lipinski definition) is 1. The molecule has 0 spiro atoms. The predicted molar refractivity (Wildman–Crippen MR) is 91.7 cm³/mol. The smallest absolute Gasteiger partial charge is 0.306 e. The molecule has 1 N–H and O–H groups in total. The molecule has 0 saturated carbocycles. The molecular weight excluding hydrogens is 322 g/mol. The SMILES string of the molecule is CCOC(=O)CCc1cc(CCC(=O)O)cc(Oc2cccnc2)c1. The summed E-state index contributed by atoms with van der Waals surface area (Å²) in [7, 11) is 0. The van der Waals surface area contributed by atoms with Crippen LogP contribution in [0.3, 0.4) is 0 Å². The Labute approximate surface area is 146 Å². The highest BCUT2D eigenvalue weighted by Crippen LogP contribution is 2.25. The Morgan fingerprint density at radius 3 is 2.40 bits per heavy atom. The molecule has 0 atom stereocenters. The number of benzene rings is 1. The zero-order chi connectivity index (χ0) is 18.1. The highest BCUT2D eigenvalue weighted by Gasteiger charge is 2.08. The van der Waals surface area contributed by atoms with Crippen molar-refractivity contribution in [3.63, 3.8) is 0 Å². The van der Waals surface area contributed by atoms with Crippen LogP contribution in [0.2, 0.25) is 0 Å². The summed E-state index contributed by atoms with van der Waals surface area (Å²) in [6.07, 6.45) is 4.45. The van der Waals surface area contributed by atoms with Crippen LogP contribution in [0, 0.1) is 0 Å². The number of carbonyl (C=O) groups is 2. The van der Waals surface area contributed by atoms with Gasteiger partial charge in [0.15, 0.2) is 0 Å². The maximum Gasteiger partial charge on any atom is 0.306 e. The second kappa shape index (κ2) is 9.42. The number of ether oxygens (including phenoxy) is 2. The fourth-order valence-electron chi connectivity index (χ4n) is 2.35. The summed E-state index contributed by atoms with van der Waals surface area (Å²) in [5, 5.41) is 8.88. The average molecular weight is 343 g/mol. The average Bonchev–Trinajstić information content (AvgIpc) is 2.59. The van der Waals surface area contributed by atoms with Crippen LogP contribution in [0.15, 0.2) is 42.7 Å². The maximum absolute atomic E-state index is 11.6. The Kier molecular flexibility index (Phi) is 6.95. The molecule has 2 aromatic rings. The van der Waals surface area contributed by atoms with Crippen molar-refractivity contribution in [1.29, 1.82) is 0 Å². The summed E-state index contributed by atoms with van der Waals surface area (Å²) >= 11 is 0. The summed E-state index contributed by atoms with van der Waals surface area (Å²) in [5.41, 5.74) is 1.75. The van der Waals surface area contributed by atoms with Crippen molar-refractivity contribution in [2.45, 2.75) is 32.6 Å². The lowest BCUT2D eigenvalue weighted by atomic mass is 10.0. The molecule has 6 heteroatoms. The lowest BCUT2D eigenvalue weighted by Crippen LogP contribution is -2.05. The fraction of sp³-hybridized carbons (Fsp3) is 0.316. The van der Waals surface area contributed by atoms with E-state index in [1.54, 1.807) is 31.5 Å². The molecule has 0 bridgehead atoms. The summed E-state index contributed by atoms with van der Waals surface area (Å²) in [6, 6.07) is 9.11. The number of hydrogen-bond acceptors (Lipinski definition) is 5. The minimum Gasteiger partial charge on any atom is -0.481 e. The molecule has 0 aliphatic heterocycles. The standard InChI is InChI=1S/C19H21NO5/c1-2-24-19(23)8-6-15-10-14(5-7-18(21)22)11-17(12-15)25-16-4-3-9-20-13-16/h3-4,9-13H,2,5-8H2,1H3,(H,21,22). The molecule has 0 radical (unpaired) electrons. The van der Waals surface area contributed by atoms with Gasteiger partial charge in [0.2, 0.25) is 0 Å². The quantitative estimate of drug-likeness (QED) is 0.703. The number of aryl methyl sites for hydroxylation is 2. The van der Waals surface area contributed by atoms with Gasteiger partial charge in [-0.25, -0.2) is 0 Å². The molecule has 25 heavy (non-hydrogen) atoms. The van der Waals surface area contributed by atoms with Crippen LogP contribution >= 0.6 is 0 Å². The molecule has 2 rings (SSSR count). The Hall–Kier alpha value is -2.89. The van der Waals surface area contributed by atoms with E-state index in [1.165, 1.54) is 0 Å². The molecule has 6 nitrogen and oxygen atoms in total. The number of carboxylic acids is 1. The molecule has 132 valence electrons. The van der Waals surface area contributed by atoms with Crippen LogP contribution in [0.1, 0.15) is 30.9 Å². The highest BCUT2D eigenvalue weighted by molar-refractivity contribution is 5.69. The Morgan fingerprint density at radius 2 is 1.80 bits per heavy atom. The molecule has 0 fully saturated rings. The second-order valence-corrected chi connectivity index (χ2v) is 5.47. The molecule has 0 amide bonds. The first-order valence-corrected chi connectivity index (χ1v) is 8.15. The number of esters is 1. The van der Waals surface area contributed by atoms with E-state index >= 15 is 0 Å². The highest BCUT2D eigenvalue weighted by atomic mass is 16.5. The lowest BCUT2D eigenvalue weighted by molar-refractivity contribution is -0.143. The number of aromatic nitrogens is 1. The van der Waals surface area contributed by atoms with Crippen molar-refractivity contribution >= 4 is 11.9 Å². The van der Waals surface area contributed by atoms with Crippen LogP contribution in [-0.2, 0) is 27.2 Å². The van der Waals surface area contributed by atoms with E-state index in [0.717, 1.165) is 11.1 Å². The summed E-state index contributed by atoms with van der Waals surface area (Å²) < 4.78 is 10.7. The Bertz CT molecular complexity index is 715. The maximum atomic E-state index is 11.6. The van der Waals surface area contributed by atoms with Crippen LogP contribution < -0.4 is 4.74 Å². The molecule has 1 heterocycles. The first kappa shape index (κ1) is 18.4. The summed E-state index contributed by atoms with van der Waals surface area (Å²) in [6.45, 7) is 2.12. The second-order valence-electron chi connectivity index (χ2n) is 5.47. The normalized spacial score (nSPS) is 10.3. The van der Waals surface area contributed by atoms with Gasteiger partial charge in [0, 0.05) is 19.0 Å². The van der Waals surface area contributed by atoms with Gasteiger partial charge in [-0.15, -0.1) is 0 Å². The fourth-order valence-corrected chi connectivity index (χ4v) is 2.35. The van der Waals surface area contributed by atoms with Crippen LogP contribution in [-0.4, -0.2) is 28.6 Å². The molecule has 1 aromatic heterocycles. The number of aliphatic carboxylic acids is 1. The lowest BCUT2D eigenvalue weighted by Gasteiger charge is -2.11. The van der Waals surface area contributed by atoms with Crippen LogP contribution in [0.5, 0.6) is 11.5 Å². The third kappa shape index (κ3) is 6.63. The van der Waals surface area contributed by atoms with Gasteiger partial charge in [0.25, 0.3) is 0 Å². The van der Waals surface area contributed by atoms with E-state index in [-0.39, 0.29) is 18.8 Å². The molecule has 1 aromatic carbocycles. The molecule has 0 unspecified atom stereocenters. The van der Waals surface area contributed by atoms with E-state index in [4.69, 9.17) is 14.6 Å². The van der Waals surface area contributed by atoms with Crippen molar-refractivity contribution in [3.8, 4) is 11.5 Å². The van der Waals surface area contributed by atoms with Crippen molar-refractivity contribution < 1.29 is 24.2 Å². The number of pyridine rings is 1. The predicted octanol–water partition coefficient (Wildman–Crippen LogP) is 3.39. The molecule has 0 saturated heterocycles. The monoisotopic (exact) mass is 343 g/mol. The minimum atomic E-state index is -0.855. The number of carbonyl (C=O) groups excluding carboxylic acids is 1. The van der Waals surface area contributed by atoms with E-state index in [1.807, 2.05) is 18.2 Å². The van der Waals surface area contributed by atoms with Gasteiger partial charge < -0.3 is 14.6 Å². The summed E-state index contributed by atoms with van der Waals surface area (Å²) in [4.78, 5) is 26.4. The summed E-state index contributed by atoms with van der Waals surface area (Å²) in [5.74, 6) is 0.0730. The van der Waals surface area contributed by atoms with Crippen molar-refractivity contribution in [2.24, 2.45) is 0 Å². The minimum absolute atomic E-state index is 0.0354. The third-order valence-electron chi connectivity index (χ3n) is 3.45. The van der Waals surface area contributed by atoms with Crippen molar-refractivity contribution in [1.82, 2.24) is 4.98 Å². The molecular formula is C19H21NO5. The van der Waals surface area contributed by atoms with Gasteiger partial charge in [-0.05, 0) is 55.2 Å². The van der Waals surface area contributed by atoms with Gasteiger partial charge >= 0.3 is 11.9 Å². The zero-order valence-electron chi connectivity index (χ0n) is 14.1. The van der Waals surface area contributed by atoms with Crippen molar-refractivity contribution in [2.75, 3.05) is 6.61 Å². The largest absolute Gasteiger partial charge is 0.481 e. The molecule has 0 aliphatic carbocycles. The van der Waals surface area contributed by atoms with Crippen LogP contribution in [0.4, 0.5) is 0 Å². The zero-order valence-corrected chi connectivity index (χ0v) is 14.1. The van der Waals surface area contributed by atoms with Gasteiger partial charge in [-0.1, -0.05) is 6.07 Å². The topological polar surface area (TPSA) is 85.7 Å². The first-order valence-electron chi connectivity index (χ1n) is 8.15. The number of rotatable bonds is 9. The first-order chi connectivity index (χ1) is 12.1. The Balaban J connectivity index is 2.15. The van der Waals surface area contributed by atoms with Gasteiger partial charge in [0.1, 0.15) is 11.5 Å². The van der Waals surface area contributed by atoms with Crippen LogP contribution in [0.25, 0.3) is 0 Å². The van der Waals surface area contributed by atoms with E-state index in [9.17, 15) is 9.59 Å².